The minimum Gasteiger partial charge on any atom is -0.508 e. The van der Waals surface area contributed by atoms with Gasteiger partial charge in [-0.3, -0.25) is 9.67 Å². The van der Waals surface area contributed by atoms with E-state index in [0.29, 0.717) is 16.3 Å². The van der Waals surface area contributed by atoms with Crippen LogP contribution in [0.15, 0.2) is 42.5 Å². The Kier molecular flexibility index (Phi) is 3.23. The van der Waals surface area contributed by atoms with Crippen molar-refractivity contribution in [1.82, 2.24) is 14.8 Å². The van der Waals surface area contributed by atoms with Gasteiger partial charge in [-0.15, -0.1) is 0 Å². The molecule has 0 atom stereocenters. The van der Waals surface area contributed by atoms with Crippen LogP contribution in [0.5, 0.6) is 11.5 Å². The van der Waals surface area contributed by atoms with E-state index in [2.05, 4.69) is 10.2 Å². The van der Waals surface area contributed by atoms with E-state index in [1.807, 2.05) is 13.0 Å². The Hall–Kier alpha value is -2.60. The van der Waals surface area contributed by atoms with Gasteiger partial charge in [-0.2, -0.15) is 5.10 Å². The molecule has 6 heteroatoms. The molecule has 3 rings (SSSR count). The number of nitrogens with zero attached hydrogens (tertiary/aromatic N) is 2. The van der Waals surface area contributed by atoms with Crippen molar-refractivity contribution in [2.45, 2.75) is 6.92 Å². The molecule has 0 bridgehead atoms. The Morgan fingerprint density at radius 1 is 1.14 bits per heavy atom. The van der Waals surface area contributed by atoms with Crippen molar-refractivity contribution in [3.05, 3.63) is 52.8 Å². The van der Waals surface area contributed by atoms with Crippen molar-refractivity contribution in [3.63, 3.8) is 0 Å². The van der Waals surface area contributed by atoms with E-state index < -0.39 is 0 Å². The van der Waals surface area contributed by atoms with E-state index in [1.165, 1.54) is 0 Å². The van der Waals surface area contributed by atoms with Gasteiger partial charge in [0.2, 0.25) is 0 Å². The fraction of sp³-hybridized carbons (Fsp3) is 0.0667. The zero-order valence-corrected chi connectivity index (χ0v) is 12.1. The summed E-state index contributed by atoms with van der Waals surface area (Å²) in [6.45, 7) is 1.88. The van der Waals surface area contributed by atoms with Gasteiger partial charge in [-0.05, 0) is 55.0 Å². The number of hydrogen-bond acceptors (Lipinski definition) is 4. The number of para-hydroxylation sites is 2. The predicted molar refractivity (Wildman–Crippen MR) is 82.3 cm³/mol. The summed E-state index contributed by atoms with van der Waals surface area (Å²) in [5.41, 5.74) is 2.24. The molecule has 0 radical (unpaired) electrons. The fourth-order valence-corrected chi connectivity index (χ4v) is 2.48. The molecule has 1 aromatic heterocycles. The lowest BCUT2D eigenvalue weighted by atomic mass is 10.1. The lowest BCUT2D eigenvalue weighted by molar-refractivity contribution is 0.472. The number of benzene rings is 2. The van der Waals surface area contributed by atoms with Crippen LogP contribution < -0.4 is 0 Å². The second kappa shape index (κ2) is 5.06. The largest absolute Gasteiger partial charge is 0.508 e. The normalized spacial score (nSPS) is 10.7. The fourth-order valence-electron chi connectivity index (χ4n) is 2.25. The highest BCUT2D eigenvalue weighted by Gasteiger charge is 2.15. The smallest absolute Gasteiger partial charge is 0.200 e. The van der Waals surface area contributed by atoms with Crippen molar-refractivity contribution in [3.8, 4) is 28.6 Å². The number of rotatable bonds is 2. The molecule has 2 aromatic carbocycles. The van der Waals surface area contributed by atoms with E-state index in [4.69, 9.17) is 12.2 Å². The van der Waals surface area contributed by atoms with Crippen LogP contribution in [0.25, 0.3) is 17.1 Å². The highest BCUT2D eigenvalue weighted by atomic mass is 32.1. The topological polar surface area (TPSA) is 74.1 Å². The van der Waals surface area contributed by atoms with Crippen molar-refractivity contribution >= 4 is 12.2 Å². The van der Waals surface area contributed by atoms with Crippen LogP contribution in [-0.2, 0) is 0 Å². The van der Waals surface area contributed by atoms with Crippen LogP contribution in [0.2, 0.25) is 0 Å². The Balaban J connectivity index is 2.27. The average Bonchev–Trinajstić information content (AvgIpc) is 2.81. The number of aryl methyl sites for hydroxylation is 1. The zero-order valence-electron chi connectivity index (χ0n) is 11.2. The van der Waals surface area contributed by atoms with Gasteiger partial charge in [-0.1, -0.05) is 12.1 Å². The molecule has 21 heavy (non-hydrogen) atoms. The first-order chi connectivity index (χ1) is 10.1. The van der Waals surface area contributed by atoms with Crippen molar-refractivity contribution in [1.29, 1.82) is 0 Å². The summed E-state index contributed by atoms with van der Waals surface area (Å²) >= 11 is 5.27. The molecule has 5 nitrogen and oxygen atoms in total. The Labute approximate surface area is 126 Å². The first kappa shape index (κ1) is 13.4. The third-order valence-electron chi connectivity index (χ3n) is 3.25. The summed E-state index contributed by atoms with van der Waals surface area (Å²) in [5, 5.41) is 26.6. The van der Waals surface area contributed by atoms with Crippen molar-refractivity contribution in [2.24, 2.45) is 0 Å². The molecular formula is C15H13N3O2S. The summed E-state index contributed by atoms with van der Waals surface area (Å²) in [6.07, 6.45) is 0. The summed E-state index contributed by atoms with van der Waals surface area (Å²) in [5.74, 6) is 0.895. The van der Waals surface area contributed by atoms with Gasteiger partial charge in [-0.25, -0.2) is 0 Å². The zero-order chi connectivity index (χ0) is 15.0. The van der Waals surface area contributed by atoms with Crippen LogP contribution in [0.1, 0.15) is 5.56 Å². The second-order valence-corrected chi connectivity index (χ2v) is 5.06. The third kappa shape index (κ3) is 2.30. The van der Waals surface area contributed by atoms with Crippen molar-refractivity contribution < 1.29 is 10.2 Å². The molecule has 0 amide bonds. The van der Waals surface area contributed by atoms with Gasteiger partial charge in [0.15, 0.2) is 10.6 Å². The number of hydrogen-bond donors (Lipinski definition) is 3. The van der Waals surface area contributed by atoms with E-state index in [0.717, 1.165) is 11.1 Å². The van der Waals surface area contributed by atoms with E-state index >= 15 is 0 Å². The van der Waals surface area contributed by atoms with Crippen LogP contribution in [0.4, 0.5) is 0 Å². The van der Waals surface area contributed by atoms with Crippen LogP contribution in [0.3, 0.4) is 0 Å². The lowest BCUT2D eigenvalue weighted by Gasteiger charge is -2.10. The molecule has 3 aromatic rings. The molecule has 0 unspecified atom stereocenters. The molecule has 3 N–H and O–H groups in total. The Morgan fingerprint density at radius 3 is 2.62 bits per heavy atom. The molecule has 0 saturated heterocycles. The van der Waals surface area contributed by atoms with Crippen molar-refractivity contribution in [2.75, 3.05) is 0 Å². The minimum absolute atomic E-state index is 0.118. The quantitative estimate of drug-likeness (QED) is 0.635. The van der Waals surface area contributed by atoms with E-state index in [9.17, 15) is 10.2 Å². The van der Waals surface area contributed by atoms with Gasteiger partial charge >= 0.3 is 0 Å². The Morgan fingerprint density at radius 2 is 1.90 bits per heavy atom. The molecule has 0 fully saturated rings. The molecule has 1 heterocycles. The predicted octanol–water partition coefficient (Wildman–Crippen LogP) is 3.32. The first-order valence-electron chi connectivity index (χ1n) is 6.33. The number of H-pyrrole nitrogens is 1. The number of phenolic OH excluding ortho intramolecular Hbond substituents is 2. The maximum absolute atomic E-state index is 10.0. The van der Waals surface area contributed by atoms with Crippen LogP contribution in [-0.4, -0.2) is 25.0 Å². The molecule has 0 spiro atoms. The minimum atomic E-state index is 0.118. The number of phenols is 2. The number of aromatic nitrogens is 3. The number of aromatic hydroxyl groups is 2. The lowest BCUT2D eigenvalue weighted by Crippen LogP contribution is -1.99. The monoisotopic (exact) mass is 299 g/mol. The maximum atomic E-state index is 10.0. The summed E-state index contributed by atoms with van der Waals surface area (Å²) in [6, 6.07) is 11.9. The van der Waals surface area contributed by atoms with E-state index in [-0.39, 0.29) is 11.5 Å². The SMILES string of the molecule is Cc1cc(O)ccc1-c1n[nH]c(=S)n1-c1ccccc1O. The van der Waals surface area contributed by atoms with Gasteiger partial charge < -0.3 is 10.2 Å². The number of aromatic amines is 1. The second-order valence-electron chi connectivity index (χ2n) is 4.68. The van der Waals surface area contributed by atoms with Gasteiger partial charge in [0, 0.05) is 5.56 Å². The molecule has 0 aliphatic rings. The van der Waals surface area contributed by atoms with Gasteiger partial charge in [0.1, 0.15) is 11.5 Å². The molecular weight excluding hydrogens is 286 g/mol. The van der Waals surface area contributed by atoms with Crippen LogP contribution >= 0.6 is 12.2 Å². The van der Waals surface area contributed by atoms with Gasteiger partial charge in [0.25, 0.3) is 0 Å². The molecule has 106 valence electrons. The Bertz CT molecular complexity index is 867. The van der Waals surface area contributed by atoms with Gasteiger partial charge in [0.05, 0.1) is 5.69 Å². The molecule has 0 aliphatic carbocycles. The maximum Gasteiger partial charge on any atom is 0.200 e. The highest BCUT2D eigenvalue weighted by molar-refractivity contribution is 7.71. The average molecular weight is 299 g/mol. The van der Waals surface area contributed by atoms with E-state index in [1.54, 1.807) is 41.0 Å². The van der Waals surface area contributed by atoms with Crippen LogP contribution in [0, 0.1) is 11.7 Å². The highest BCUT2D eigenvalue weighted by Crippen LogP contribution is 2.30. The first-order valence-corrected chi connectivity index (χ1v) is 6.74. The summed E-state index contributed by atoms with van der Waals surface area (Å²) in [4.78, 5) is 0. The molecule has 0 saturated carbocycles. The third-order valence-corrected chi connectivity index (χ3v) is 3.52. The number of nitrogens with one attached hydrogen (secondary N) is 1. The standard InChI is InChI=1S/C15H13N3O2S/c1-9-8-10(19)6-7-11(9)14-16-17-15(21)18(14)12-4-2-3-5-13(12)20/h2-8,19-20H,1H3,(H,17,21). The molecule has 0 aliphatic heterocycles. The summed E-state index contributed by atoms with van der Waals surface area (Å²) < 4.78 is 2.06. The summed E-state index contributed by atoms with van der Waals surface area (Å²) in [7, 11) is 0.